The Balaban J connectivity index is 2.12. The number of anilines is 1. The van der Waals surface area contributed by atoms with E-state index in [4.69, 9.17) is 0 Å². The third kappa shape index (κ3) is 2.41. The van der Waals surface area contributed by atoms with Crippen LogP contribution < -0.4 is 10.4 Å². The van der Waals surface area contributed by atoms with Crippen LogP contribution in [-0.4, -0.2) is 5.97 Å². The zero-order valence-corrected chi connectivity index (χ0v) is 9.29. The van der Waals surface area contributed by atoms with Crippen LogP contribution in [0.25, 0.3) is 0 Å². The van der Waals surface area contributed by atoms with Gasteiger partial charge in [-0.05, 0) is 28.5 Å². The Hall–Kier alpha value is -1.81. The molecule has 0 spiro atoms. The molecule has 0 radical (unpaired) electrons. The predicted octanol–water partition coefficient (Wildman–Crippen LogP) is 1.72. The lowest BCUT2D eigenvalue weighted by molar-refractivity contribution is -0.254. The van der Waals surface area contributed by atoms with Gasteiger partial charge in [-0.1, -0.05) is 18.2 Å². The van der Waals surface area contributed by atoms with Gasteiger partial charge in [-0.15, -0.1) is 0 Å². The summed E-state index contributed by atoms with van der Waals surface area (Å²) >= 11 is 1.62. The third-order valence-corrected chi connectivity index (χ3v) is 2.94. The van der Waals surface area contributed by atoms with Crippen LogP contribution in [0, 0.1) is 0 Å². The van der Waals surface area contributed by atoms with Gasteiger partial charge in [0.05, 0.1) is 5.97 Å². The van der Waals surface area contributed by atoms with Gasteiger partial charge in [0.2, 0.25) is 0 Å². The number of carbonyl (C=O) groups excluding carboxylic acids is 1. The average molecular weight is 232 g/mol. The van der Waals surface area contributed by atoms with Gasteiger partial charge in [0.25, 0.3) is 0 Å². The van der Waals surface area contributed by atoms with Gasteiger partial charge in [-0.2, -0.15) is 11.3 Å². The summed E-state index contributed by atoms with van der Waals surface area (Å²) in [5.41, 5.74) is 1.92. The zero-order chi connectivity index (χ0) is 11.4. The summed E-state index contributed by atoms with van der Waals surface area (Å²) in [6, 6.07) is 8.74. The van der Waals surface area contributed by atoms with Crippen molar-refractivity contribution in [3.63, 3.8) is 0 Å². The van der Waals surface area contributed by atoms with E-state index >= 15 is 0 Å². The van der Waals surface area contributed by atoms with Crippen LogP contribution in [0.1, 0.15) is 15.9 Å². The minimum Gasteiger partial charge on any atom is -0.545 e. The first-order valence-corrected chi connectivity index (χ1v) is 5.77. The highest BCUT2D eigenvalue weighted by Gasteiger charge is 2.01. The zero-order valence-electron chi connectivity index (χ0n) is 8.47. The summed E-state index contributed by atoms with van der Waals surface area (Å²) in [7, 11) is 0. The lowest BCUT2D eigenvalue weighted by Crippen LogP contribution is -2.23. The Bertz CT molecular complexity index is 480. The fourth-order valence-electron chi connectivity index (χ4n) is 1.41. The van der Waals surface area contributed by atoms with E-state index in [1.165, 1.54) is 6.07 Å². The highest BCUT2D eigenvalue weighted by Crippen LogP contribution is 2.16. The maximum atomic E-state index is 10.8. The number of carboxylic acids is 1. The summed E-state index contributed by atoms with van der Waals surface area (Å²) in [5, 5.41) is 17.9. The second-order valence-corrected chi connectivity index (χ2v) is 4.10. The molecule has 0 aliphatic rings. The monoisotopic (exact) mass is 232 g/mol. The third-order valence-electron chi connectivity index (χ3n) is 2.21. The molecule has 2 aromatic rings. The molecule has 0 bridgehead atoms. The first-order chi connectivity index (χ1) is 7.77. The van der Waals surface area contributed by atoms with E-state index in [2.05, 4.69) is 5.32 Å². The van der Waals surface area contributed by atoms with E-state index < -0.39 is 5.97 Å². The van der Waals surface area contributed by atoms with Gasteiger partial charge in [0.1, 0.15) is 0 Å². The molecule has 1 N–H and O–H groups in total. The van der Waals surface area contributed by atoms with E-state index in [1.54, 1.807) is 29.5 Å². The van der Waals surface area contributed by atoms with Crippen molar-refractivity contribution >= 4 is 23.0 Å². The van der Waals surface area contributed by atoms with Crippen LogP contribution in [0.5, 0.6) is 0 Å². The number of para-hydroxylation sites is 1. The van der Waals surface area contributed by atoms with Crippen molar-refractivity contribution in [3.8, 4) is 0 Å². The Morgan fingerprint density at radius 3 is 2.81 bits per heavy atom. The molecule has 0 unspecified atom stereocenters. The molecule has 2 rings (SSSR count). The first-order valence-electron chi connectivity index (χ1n) is 4.82. The SMILES string of the molecule is O=C([O-])c1ccccc1NCc1ccsc1. The fourth-order valence-corrected chi connectivity index (χ4v) is 2.07. The number of benzene rings is 1. The fraction of sp³-hybridized carbons (Fsp3) is 0.0833. The molecule has 1 aromatic heterocycles. The maximum absolute atomic E-state index is 10.8. The number of aromatic carboxylic acids is 1. The number of hydrogen-bond donors (Lipinski definition) is 1. The van der Waals surface area contributed by atoms with Crippen LogP contribution in [0.4, 0.5) is 5.69 Å². The quantitative estimate of drug-likeness (QED) is 0.873. The van der Waals surface area contributed by atoms with Crippen LogP contribution in [0.3, 0.4) is 0 Å². The molecule has 0 atom stereocenters. The van der Waals surface area contributed by atoms with Gasteiger partial charge in [-0.3, -0.25) is 0 Å². The Morgan fingerprint density at radius 2 is 2.12 bits per heavy atom. The van der Waals surface area contributed by atoms with Crippen LogP contribution >= 0.6 is 11.3 Å². The Labute approximate surface area is 97.4 Å². The lowest BCUT2D eigenvalue weighted by Gasteiger charge is -2.11. The minimum absolute atomic E-state index is 0.192. The molecular weight excluding hydrogens is 222 g/mol. The molecule has 0 saturated carbocycles. The van der Waals surface area contributed by atoms with Gasteiger partial charge < -0.3 is 15.2 Å². The van der Waals surface area contributed by atoms with E-state index in [-0.39, 0.29) is 5.56 Å². The molecule has 0 amide bonds. The van der Waals surface area contributed by atoms with Crippen molar-refractivity contribution in [2.24, 2.45) is 0 Å². The summed E-state index contributed by atoms with van der Waals surface area (Å²) < 4.78 is 0. The number of carbonyl (C=O) groups is 1. The Morgan fingerprint density at radius 1 is 1.31 bits per heavy atom. The normalized spacial score (nSPS) is 10.0. The molecule has 0 aliphatic carbocycles. The number of nitrogens with one attached hydrogen (secondary N) is 1. The van der Waals surface area contributed by atoms with E-state index in [9.17, 15) is 9.90 Å². The molecule has 1 aromatic carbocycles. The van der Waals surface area contributed by atoms with Crippen molar-refractivity contribution in [1.82, 2.24) is 0 Å². The summed E-state index contributed by atoms with van der Waals surface area (Å²) in [4.78, 5) is 10.8. The van der Waals surface area contributed by atoms with Gasteiger partial charge >= 0.3 is 0 Å². The van der Waals surface area contributed by atoms with E-state index in [1.807, 2.05) is 16.8 Å². The van der Waals surface area contributed by atoms with Crippen molar-refractivity contribution in [2.45, 2.75) is 6.54 Å². The number of thiophene rings is 1. The number of carboxylic acid groups (broad SMARTS) is 1. The Kier molecular flexibility index (Phi) is 3.22. The molecule has 3 nitrogen and oxygen atoms in total. The molecule has 1 heterocycles. The number of hydrogen-bond acceptors (Lipinski definition) is 4. The maximum Gasteiger partial charge on any atom is 0.0736 e. The van der Waals surface area contributed by atoms with Crippen LogP contribution in [0.15, 0.2) is 41.1 Å². The van der Waals surface area contributed by atoms with E-state index in [0.29, 0.717) is 12.2 Å². The molecule has 82 valence electrons. The molecule has 0 saturated heterocycles. The van der Waals surface area contributed by atoms with Crippen LogP contribution in [0.2, 0.25) is 0 Å². The lowest BCUT2D eigenvalue weighted by atomic mass is 10.1. The van der Waals surface area contributed by atoms with Crippen molar-refractivity contribution < 1.29 is 9.90 Å². The smallest absolute Gasteiger partial charge is 0.0736 e. The highest BCUT2D eigenvalue weighted by molar-refractivity contribution is 7.07. The van der Waals surface area contributed by atoms with Gasteiger partial charge in [0, 0.05) is 17.8 Å². The highest BCUT2D eigenvalue weighted by atomic mass is 32.1. The average Bonchev–Trinajstić information content (AvgIpc) is 2.79. The summed E-state index contributed by atoms with van der Waals surface area (Å²) in [6.45, 7) is 0.619. The van der Waals surface area contributed by atoms with Crippen molar-refractivity contribution in [2.75, 3.05) is 5.32 Å². The minimum atomic E-state index is -1.16. The van der Waals surface area contributed by atoms with Gasteiger partial charge in [-0.25, -0.2) is 0 Å². The summed E-state index contributed by atoms with van der Waals surface area (Å²) in [6.07, 6.45) is 0. The van der Waals surface area contributed by atoms with Crippen molar-refractivity contribution in [3.05, 3.63) is 52.2 Å². The second-order valence-electron chi connectivity index (χ2n) is 3.32. The largest absolute Gasteiger partial charge is 0.545 e. The number of rotatable bonds is 4. The predicted molar refractivity (Wildman–Crippen MR) is 62.4 cm³/mol. The molecule has 4 heteroatoms. The van der Waals surface area contributed by atoms with E-state index in [0.717, 1.165) is 5.56 Å². The molecule has 16 heavy (non-hydrogen) atoms. The topological polar surface area (TPSA) is 52.2 Å². The molecular formula is C12H10NO2S-. The van der Waals surface area contributed by atoms with Crippen molar-refractivity contribution in [1.29, 1.82) is 0 Å². The molecule has 0 fully saturated rings. The second kappa shape index (κ2) is 4.81. The van der Waals surface area contributed by atoms with Crippen LogP contribution in [-0.2, 0) is 6.54 Å². The molecule has 0 aliphatic heterocycles. The standard InChI is InChI=1S/C12H11NO2S/c14-12(15)10-3-1-2-4-11(10)13-7-9-5-6-16-8-9/h1-6,8,13H,7H2,(H,14,15)/p-1. The first kappa shape index (κ1) is 10.7. The summed E-state index contributed by atoms with van der Waals surface area (Å²) in [5.74, 6) is -1.16. The van der Waals surface area contributed by atoms with Gasteiger partial charge in [0.15, 0.2) is 0 Å².